The molecule has 0 aliphatic heterocycles. The van der Waals surface area contributed by atoms with Gasteiger partial charge in [0.2, 0.25) is 0 Å². The van der Waals surface area contributed by atoms with Crippen LogP contribution in [0.1, 0.15) is 13.8 Å². The van der Waals surface area contributed by atoms with Crippen molar-refractivity contribution in [3.8, 4) is 0 Å². The Balaban J connectivity index is 2.61. The highest BCUT2D eigenvalue weighted by atomic mass is 35.5. The lowest BCUT2D eigenvalue weighted by Gasteiger charge is -2.23. The predicted octanol–water partition coefficient (Wildman–Crippen LogP) is 2.77. The van der Waals surface area contributed by atoms with Crippen LogP contribution < -0.4 is 4.81 Å². The molecule has 0 aliphatic carbocycles. The zero-order valence-electron chi connectivity index (χ0n) is 8.77. The second-order valence-electron chi connectivity index (χ2n) is 3.42. The monoisotopic (exact) mass is 211 g/mol. The lowest BCUT2D eigenvalue weighted by molar-refractivity contribution is 0.250. The highest BCUT2D eigenvalue weighted by molar-refractivity contribution is 7.05. The summed E-state index contributed by atoms with van der Waals surface area (Å²) in [7, 11) is 1.91. The third-order valence-electron chi connectivity index (χ3n) is 1.85. The fourth-order valence-electron chi connectivity index (χ4n) is 1.10. The average Bonchev–Trinajstić information content (AvgIpc) is 2.17. The van der Waals surface area contributed by atoms with E-state index in [2.05, 4.69) is 0 Å². The Morgan fingerprint density at radius 2 is 1.86 bits per heavy atom. The van der Waals surface area contributed by atoms with E-state index >= 15 is 0 Å². The molecule has 0 heterocycles. The normalized spacial score (nSPS) is 10.4. The molecule has 0 radical (unpaired) electrons. The van der Waals surface area contributed by atoms with Crippen molar-refractivity contribution in [2.45, 2.75) is 20.0 Å². The van der Waals surface area contributed by atoms with Crippen molar-refractivity contribution in [2.75, 3.05) is 11.9 Å². The molecule has 0 fully saturated rings. The summed E-state index contributed by atoms with van der Waals surface area (Å²) in [5.74, 6) is 0. The van der Waals surface area contributed by atoms with Gasteiger partial charge < -0.3 is 9.47 Å². The summed E-state index contributed by atoms with van der Waals surface area (Å²) in [6.45, 7) is 3.51. The molecule has 2 nitrogen and oxygen atoms in total. The molecule has 0 amide bonds. The van der Waals surface area contributed by atoms with Gasteiger partial charge in [0.15, 0.2) is 0 Å². The molecule has 1 rings (SSSR count). The number of hydrogen-bond acceptors (Lipinski definition) is 2. The van der Waals surface area contributed by atoms with E-state index in [0.29, 0.717) is 0 Å². The van der Waals surface area contributed by atoms with Crippen LogP contribution in [-0.2, 0) is 4.65 Å². The van der Waals surface area contributed by atoms with Crippen molar-refractivity contribution in [3.05, 3.63) is 30.3 Å². The van der Waals surface area contributed by atoms with Gasteiger partial charge in [0.05, 0.1) is 0 Å². The van der Waals surface area contributed by atoms with E-state index in [0.717, 1.165) is 5.69 Å². The van der Waals surface area contributed by atoms with Crippen LogP contribution in [0.2, 0.25) is 0 Å². The summed E-state index contributed by atoms with van der Waals surface area (Å²) in [6, 6.07) is 9.93. The van der Waals surface area contributed by atoms with Crippen LogP contribution in [0, 0.1) is 0 Å². The molecule has 0 saturated heterocycles. The minimum atomic E-state index is -0.419. The molecule has 0 bridgehead atoms. The smallest absolute Gasteiger partial charge is 0.401 e. The van der Waals surface area contributed by atoms with Crippen molar-refractivity contribution in [2.24, 2.45) is 0 Å². The van der Waals surface area contributed by atoms with Gasteiger partial charge in [0.25, 0.3) is 0 Å². The van der Waals surface area contributed by atoms with Crippen LogP contribution in [-0.4, -0.2) is 19.6 Å². The minimum absolute atomic E-state index is 0.128. The van der Waals surface area contributed by atoms with Gasteiger partial charge in [-0.15, -0.1) is 11.5 Å². The maximum atomic E-state index is 6.06. The molecular formula is C10H15BClNO. The number of para-hydroxylation sites is 1. The first-order valence-electron chi connectivity index (χ1n) is 4.68. The maximum absolute atomic E-state index is 6.06. The van der Waals surface area contributed by atoms with Gasteiger partial charge in [0.1, 0.15) is 0 Å². The third kappa shape index (κ3) is 3.24. The molecule has 0 spiro atoms. The van der Waals surface area contributed by atoms with Gasteiger partial charge in [-0.3, -0.25) is 0 Å². The average molecular weight is 212 g/mol. The van der Waals surface area contributed by atoms with Gasteiger partial charge in [-0.25, -0.2) is 0 Å². The summed E-state index contributed by atoms with van der Waals surface area (Å²) in [5.41, 5.74) is 1.05. The Hall–Kier alpha value is -0.665. The van der Waals surface area contributed by atoms with E-state index in [1.807, 2.05) is 56.0 Å². The lowest BCUT2D eigenvalue weighted by Crippen LogP contribution is -2.36. The largest absolute Gasteiger partial charge is 0.527 e. The molecular weight excluding hydrogens is 196 g/mol. The van der Waals surface area contributed by atoms with Crippen molar-refractivity contribution < 1.29 is 4.65 Å². The van der Waals surface area contributed by atoms with Gasteiger partial charge in [-0.2, -0.15) is 0 Å². The number of nitrogens with zero attached hydrogens (tertiary/aromatic N) is 1. The van der Waals surface area contributed by atoms with Crippen molar-refractivity contribution >= 4 is 23.6 Å². The fraction of sp³-hybridized carbons (Fsp3) is 0.400. The number of rotatable bonds is 4. The van der Waals surface area contributed by atoms with Gasteiger partial charge in [0, 0.05) is 11.8 Å². The summed E-state index contributed by atoms with van der Waals surface area (Å²) < 4.78 is 5.46. The molecule has 0 saturated carbocycles. The first-order valence-corrected chi connectivity index (χ1v) is 5.12. The number of benzene rings is 1. The Labute approximate surface area is 90.9 Å². The highest BCUT2D eigenvalue weighted by Gasteiger charge is 2.21. The molecule has 1 aromatic rings. The Morgan fingerprint density at radius 1 is 1.29 bits per heavy atom. The van der Waals surface area contributed by atoms with Crippen molar-refractivity contribution in [1.82, 2.24) is 0 Å². The summed E-state index contributed by atoms with van der Waals surface area (Å²) in [6.07, 6.45) is 0.128. The molecule has 0 N–H and O–H groups in total. The van der Waals surface area contributed by atoms with Crippen LogP contribution in [0.15, 0.2) is 30.3 Å². The lowest BCUT2D eigenvalue weighted by atomic mass is 10.1. The van der Waals surface area contributed by atoms with Crippen LogP contribution in [0.25, 0.3) is 0 Å². The topological polar surface area (TPSA) is 12.5 Å². The first kappa shape index (κ1) is 11.4. The SMILES string of the molecule is CC(C)OB(Cl)N(C)c1ccccc1. The van der Waals surface area contributed by atoms with Crippen LogP contribution in [0.4, 0.5) is 5.69 Å². The Kier molecular flexibility index (Phi) is 4.30. The number of hydrogen-bond donors (Lipinski definition) is 0. The summed E-state index contributed by atoms with van der Waals surface area (Å²) in [5, 5.41) is 0. The molecule has 1 aromatic carbocycles. The van der Waals surface area contributed by atoms with Gasteiger partial charge in [-0.1, -0.05) is 18.2 Å². The number of halogens is 1. The predicted molar refractivity (Wildman–Crippen MR) is 62.7 cm³/mol. The third-order valence-corrected chi connectivity index (χ3v) is 2.25. The zero-order chi connectivity index (χ0) is 10.6. The van der Waals surface area contributed by atoms with E-state index in [4.69, 9.17) is 16.1 Å². The molecule has 0 atom stereocenters. The van der Waals surface area contributed by atoms with Gasteiger partial charge >= 0.3 is 6.47 Å². The van der Waals surface area contributed by atoms with E-state index in [1.54, 1.807) is 0 Å². The fourth-order valence-corrected chi connectivity index (χ4v) is 1.41. The quantitative estimate of drug-likeness (QED) is 0.710. The second-order valence-corrected chi connectivity index (χ2v) is 3.80. The van der Waals surface area contributed by atoms with E-state index in [9.17, 15) is 0 Å². The Bertz CT molecular complexity index is 268. The summed E-state index contributed by atoms with van der Waals surface area (Å²) >= 11 is 6.06. The summed E-state index contributed by atoms with van der Waals surface area (Å²) in [4.78, 5) is 1.89. The van der Waals surface area contributed by atoms with Crippen molar-refractivity contribution in [1.29, 1.82) is 0 Å². The molecule has 0 aromatic heterocycles. The molecule has 0 aliphatic rings. The van der Waals surface area contributed by atoms with E-state index in [-0.39, 0.29) is 6.10 Å². The van der Waals surface area contributed by atoms with E-state index in [1.165, 1.54) is 0 Å². The van der Waals surface area contributed by atoms with Crippen LogP contribution in [0.3, 0.4) is 0 Å². The molecule has 76 valence electrons. The standard InChI is InChI=1S/C10H15BClNO/c1-9(2)14-11(12)13(3)10-7-5-4-6-8-10/h4-9H,1-3H3. The van der Waals surface area contributed by atoms with E-state index < -0.39 is 6.47 Å². The first-order chi connectivity index (χ1) is 6.61. The molecule has 4 heteroatoms. The minimum Gasteiger partial charge on any atom is -0.401 e. The highest BCUT2D eigenvalue weighted by Crippen LogP contribution is 2.15. The molecule has 0 unspecified atom stereocenters. The Morgan fingerprint density at radius 3 is 2.36 bits per heavy atom. The number of anilines is 1. The maximum Gasteiger partial charge on any atom is 0.527 e. The van der Waals surface area contributed by atoms with Gasteiger partial charge in [-0.05, 0) is 33.0 Å². The molecule has 14 heavy (non-hydrogen) atoms. The van der Waals surface area contributed by atoms with Crippen LogP contribution in [0.5, 0.6) is 0 Å². The van der Waals surface area contributed by atoms with Crippen LogP contribution >= 0.6 is 11.5 Å². The van der Waals surface area contributed by atoms with Crippen molar-refractivity contribution in [3.63, 3.8) is 0 Å². The second kappa shape index (κ2) is 5.27. The zero-order valence-corrected chi connectivity index (χ0v) is 9.53.